The molecule has 0 rings (SSSR count). The molecule has 0 aromatic heterocycles. The lowest BCUT2D eigenvalue weighted by Crippen LogP contribution is -2.40. The van der Waals surface area contributed by atoms with E-state index < -0.39 is 0 Å². The van der Waals surface area contributed by atoms with Crippen molar-refractivity contribution in [3.05, 3.63) is 0 Å². The van der Waals surface area contributed by atoms with Gasteiger partial charge in [0, 0.05) is 0 Å². The van der Waals surface area contributed by atoms with Crippen LogP contribution in [0.2, 0.25) is 0 Å². The van der Waals surface area contributed by atoms with E-state index in [1.54, 1.807) is 0 Å². The summed E-state index contributed by atoms with van der Waals surface area (Å²) in [7, 11) is 0. The van der Waals surface area contributed by atoms with E-state index in [2.05, 4.69) is 48.5 Å². The van der Waals surface area contributed by atoms with E-state index in [4.69, 9.17) is 0 Å². The zero-order valence-corrected chi connectivity index (χ0v) is 10.7. The molecule has 0 heteroatoms. The molecule has 0 radical (unpaired) electrons. The van der Waals surface area contributed by atoms with Crippen LogP contribution in [0, 0.1) is 16.7 Å². The normalized spacial score (nSPS) is 13.8. The highest BCUT2D eigenvalue weighted by atomic mass is 14.5. The molecule has 0 bridgehead atoms. The molecule has 0 nitrogen and oxygen atoms in total. The molecule has 80 valence electrons. The first-order valence-electron chi connectivity index (χ1n) is 5.88. The molecular formula is C13H28. The maximum absolute atomic E-state index is 2.43. The van der Waals surface area contributed by atoms with Gasteiger partial charge in [0.1, 0.15) is 0 Å². The summed E-state index contributed by atoms with van der Waals surface area (Å²) in [6.07, 6.45) is 3.90. The van der Waals surface area contributed by atoms with Crippen molar-refractivity contribution in [2.24, 2.45) is 16.7 Å². The standard InChI is InChI=1S/C13H28/c1-8-12(6,7)13(9-2,10-3)11(4)5/h11H,8-10H2,1-7H3. The summed E-state index contributed by atoms with van der Waals surface area (Å²) >= 11 is 0. The molecule has 0 N–H and O–H groups in total. The molecule has 0 aliphatic heterocycles. The fourth-order valence-electron chi connectivity index (χ4n) is 3.16. The first-order valence-corrected chi connectivity index (χ1v) is 5.88. The van der Waals surface area contributed by atoms with Gasteiger partial charge in [0.15, 0.2) is 0 Å². The van der Waals surface area contributed by atoms with Crippen LogP contribution in [-0.4, -0.2) is 0 Å². The van der Waals surface area contributed by atoms with Gasteiger partial charge in [0.05, 0.1) is 0 Å². The third-order valence-electron chi connectivity index (χ3n) is 4.60. The van der Waals surface area contributed by atoms with Gasteiger partial charge in [-0.2, -0.15) is 0 Å². The van der Waals surface area contributed by atoms with Crippen molar-refractivity contribution in [2.75, 3.05) is 0 Å². The number of rotatable bonds is 5. The molecule has 0 amide bonds. The highest BCUT2D eigenvalue weighted by Crippen LogP contribution is 2.51. The van der Waals surface area contributed by atoms with Crippen LogP contribution in [0.3, 0.4) is 0 Å². The zero-order valence-electron chi connectivity index (χ0n) is 10.7. The van der Waals surface area contributed by atoms with Crippen molar-refractivity contribution in [2.45, 2.75) is 67.7 Å². The Morgan fingerprint density at radius 2 is 1.23 bits per heavy atom. The Hall–Kier alpha value is 0. The zero-order chi connectivity index (χ0) is 10.7. The summed E-state index contributed by atoms with van der Waals surface area (Å²) in [5.74, 6) is 0.789. The summed E-state index contributed by atoms with van der Waals surface area (Å²) in [6, 6.07) is 0. The van der Waals surface area contributed by atoms with E-state index in [1.165, 1.54) is 19.3 Å². The van der Waals surface area contributed by atoms with Gasteiger partial charge in [-0.25, -0.2) is 0 Å². The van der Waals surface area contributed by atoms with Crippen LogP contribution < -0.4 is 0 Å². The van der Waals surface area contributed by atoms with Crippen LogP contribution in [0.4, 0.5) is 0 Å². The molecule has 0 aliphatic rings. The van der Waals surface area contributed by atoms with E-state index in [-0.39, 0.29) is 0 Å². The SMILES string of the molecule is CCC(C)(C)C(CC)(CC)C(C)C. The topological polar surface area (TPSA) is 0 Å². The second kappa shape index (κ2) is 4.48. The molecular weight excluding hydrogens is 156 g/mol. The maximum Gasteiger partial charge on any atom is -0.0229 e. The molecule has 0 atom stereocenters. The molecule has 0 spiro atoms. The van der Waals surface area contributed by atoms with E-state index >= 15 is 0 Å². The average Bonchev–Trinajstić information content (AvgIpc) is 2.06. The quantitative estimate of drug-likeness (QED) is 0.571. The minimum atomic E-state index is 0.477. The minimum absolute atomic E-state index is 0.477. The molecule has 0 saturated carbocycles. The van der Waals surface area contributed by atoms with Crippen LogP contribution in [0.15, 0.2) is 0 Å². The second-order valence-electron chi connectivity index (χ2n) is 5.26. The Labute approximate surface area is 85.1 Å². The third kappa shape index (κ3) is 2.08. The lowest BCUT2D eigenvalue weighted by Gasteiger charge is -2.49. The lowest BCUT2D eigenvalue weighted by atomic mass is 9.56. The Kier molecular flexibility index (Phi) is 4.48. The predicted molar refractivity (Wildman–Crippen MR) is 61.9 cm³/mol. The summed E-state index contributed by atoms with van der Waals surface area (Å²) in [5, 5.41) is 0. The van der Waals surface area contributed by atoms with Gasteiger partial charge in [-0.3, -0.25) is 0 Å². The second-order valence-corrected chi connectivity index (χ2v) is 5.26. The van der Waals surface area contributed by atoms with Crippen LogP contribution in [0.1, 0.15) is 67.7 Å². The van der Waals surface area contributed by atoms with Crippen molar-refractivity contribution < 1.29 is 0 Å². The number of hydrogen-bond donors (Lipinski definition) is 0. The van der Waals surface area contributed by atoms with E-state index in [1.807, 2.05) is 0 Å². The highest BCUT2D eigenvalue weighted by Gasteiger charge is 2.42. The van der Waals surface area contributed by atoms with Crippen molar-refractivity contribution in [3.8, 4) is 0 Å². The maximum atomic E-state index is 2.43. The fourth-order valence-corrected chi connectivity index (χ4v) is 3.16. The Balaban J connectivity index is 4.97. The summed E-state index contributed by atoms with van der Waals surface area (Å²) in [5.41, 5.74) is 1.01. The van der Waals surface area contributed by atoms with Crippen LogP contribution >= 0.6 is 0 Å². The Morgan fingerprint density at radius 1 is 0.846 bits per heavy atom. The van der Waals surface area contributed by atoms with Crippen molar-refractivity contribution in [1.82, 2.24) is 0 Å². The minimum Gasteiger partial charge on any atom is -0.0649 e. The Morgan fingerprint density at radius 3 is 1.31 bits per heavy atom. The van der Waals surface area contributed by atoms with Crippen molar-refractivity contribution in [1.29, 1.82) is 0 Å². The molecule has 0 saturated heterocycles. The largest absolute Gasteiger partial charge is 0.0649 e. The highest BCUT2D eigenvalue weighted by molar-refractivity contribution is 4.92. The number of hydrogen-bond acceptors (Lipinski definition) is 0. The Bertz CT molecular complexity index is 138. The average molecular weight is 184 g/mol. The first-order chi connectivity index (χ1) is 5.88. The van der Waals surface area contributed by atoms with Crippen molar-refractivity contribution >= 4 is 0 Å². The molecule has 13 heavy (non-hydrogen) atoms. The molecule has 0 heterocycles. The van der Waals surface area contributed by atoms with Gasteiger partial charge in [-0.15, -0.1) is 0 Å². The summed E-state index contributed by atoms with van der Waals surface area (Å²) < 4.78 is 0. The van der Waals surface area contributed by atoms with Crippen LogP contribution in [0.5, 0.6) is 0 Å². The van der Waals surface area contributed by atoms with Gasteiger partial charge < -0.3 is 0 Å². The lowest BCUT2D eigenvalue weighted by molar-refractivity contribution is 0.00370. The van der Waals surface area contributed by atoms with Gasteiger partial charge in [0.25, 0.3) is 0 Å². The van der Waals surface area contributed by atoms with Gasteiger partial charge >= 0.3 is 0 Å². The third-order valence-corrected chi connectivity index (χ3v) is 4.60. The van der Waals surface area contributed by atoms with E-state index in [0.29, 0.717) is 10.8 Å². The first kappa shape index (κ1) is 13.0. The molecule has 0 fully saturated rings. The fraction of sp³-hybridized carbons (Fsp3) is 1.00. The van der Waals surface area contributed by atoms with Crippen LogP contribution in [-0.2, 0) is 0 Å². The van der Waals surface area contributed by atoms with Crippen LogP contribution in [0.25, 0.3) is 0 Å². The summed E-state index contributed by atoms with van der Waals surface area (Å²) in [6.45, 7) is 16.6. The molecule has 0 aromatic carbocycles. The van der Waals surface area contributed by atoms with E-state index in [0.717, 1.165) is 5.92 Å². The predicted octanol–water partition coefficient (Wildman–Crippen LogP) is 4.89. The molecule has 0 unspecified atom stereocenters. The van der Waals surface area contributed by atoms with E-state index in [9.17, 15) is 0 Å². The molecule has 0 aliphatic carbocycles. The summed E-state index contributed by atoms with van der Waals surface area (Å²) in [4.78, 5) is 0. The van der Waals surface area contributed by atoms with Gasteiger partial charge in [-0.1, -0.05) is 54.9 Å². The van der Waals surface area contributed by atoms with Crippen molar-refractivity contribution in [3.63, 3.8) is 0 Å². The monoisotopic (exact) mass is 184 g/mol. The van der Waals surface area contributed by atoms with Gasteiger partial charge in [-0.05, 0) is 29.6 Å². The molecule has 0 aromatic rings. The smallest absolute Gasteiger partial charge is 0.0229 e. The van der Waals surface area contributed by atoms with Gasteiger partial charge in [0.2, 0.25) is 0 Å².